The summed E-state index contributed by atoms with van der Waals surface area (Å²) in [5.74, 6) is -0.613. The van der Waals surface area contributed by atoms with Crippen molar-refractivity contribution < 1.29 is 15.0 Å². The molecule has 3 aromatic rings. The third-order valence-corrected chi connectivity index (χ3v) is 4.33. The van der Waals surface area contributed by atoms with E-state index in [1.54, 1.807) is 6.07 Å². The molecule has 0 fully saturated rings. The number of carboxylic acids is 1. The maximum absolute atomic E-state index is 10.8. The Balaban J connectivity index is 2.08. The maximum atomic E-state index is 10.8. The van der Waals surface area contributed by atoms with Crippen molar-refractivity contribution in [2.75, 3.05) is 0 Å². The fourth-order valence-corrected chi connectivity index (χ4v) is 3.26. The van der Waals surface area contributed by atoms with Crippen LogP contribution in [0.4, 0.5) is 0 Å². The van der Waals surface area contributed by atoms with Crippen LogP contribution in [0.1, 0.15) is 11.1 Å². The van der Waals surface area contributed by atoms with E-state index in [9.17, 15) is 9.90 Å². The van der Waals surface area contributed by atoms with Gasteiger partial charge in [0.2, 0.25) is 0 Å². The molecule has 2 N–H and O–H groups in total. The number of para-hydroxylation sites is 1. The molecule has 0 aliphatic heterocycles. The monoisotopic (exact) mass is 299 g/mol. The van der Waals surface area contributed by atoms with E-state index in [1.807, 2.05) is 37.3 Å². The molecule has 0 atom stereocenters. The van der Waals surface area contributed by atoms with Crippen LogP contribution >= 0.6 is 11.3 Å². The van der Waals surface area contributed by atoms with E-state index in [2.05, 4.69) is 4.98 Å². The fraction of sp³-hybridized carbons (Fsp3) is 0.125. The van der Waals surface area contributed by atoms with Gasteiger partial charge < -0.3 is 10.2 Å². The zero-order valence-electron chi connectivity index (χ0n) is 11.3. The van der Waals surface area contributed by atoms with E-state index in [-0.39, 0.29) is 12.2 Å². The second-order valence-electron chi connectivity index (χ2n) is 4.86. The van der Waals surface area contributed by atoms with Gasteiger partial charge in [-0.2, -0.15) is 0 Å². The molecular weight excluding hydrogens is 286 g/mol. The van der Waals surface area contributed by atoms with Crippen LogP contribution in [0.5, 0.6) is 5.75 Å². The number of carbonyl (C=O) groups is 1. The molecule has 0 radical (unpaired) electrons. The van der Waals surface area contributed by atoms with Gasteiger partial charge in [0.25, 0.3) is 0 Å². The Hall–Kier alpha value is -2.40. The summed E-state index contributed by atoms with van der Waals surface area (Å²) in [5.41, 5.74) is 3.07. The van der Waals surface area contributed by atoms with Gasteiger partial charge in [-0.25, -0.2) is 4.98 Å². The van der Waals surface area contributed by atoms with E-state index in [0.717, 1.165) is 26.4 Å². The molecule has 0 amide bonds. The van der Waals surface area contributed by atoms with Crippen molar-refractivity contribution in [1.29, 1.82) is 0 Å². The summed E-state index contributed by atoms with van der Waals surface area (Å²) in [6, 6.07) is 11.0. The lowest BCUT2D eigenvalue weighted by atomic mass is 10.1. The van der Waals surface area contributed by atoms with Crippen LogP contribution in [0.2, 0.25) is 0 Å². The van der Waals surface area contributed by atoms with Crippen LogP contribution in [0, 0.1) is 6.92 Å². The topological polar surface area (TPSA) is 70.4 Å². The lowest BCUT2D eigenvalue weighted by Gasteiger charge is -2.02. The van der Waals surface area contributed by atoms with Gasteiger partial charge in [-0.3, -0.25) is 4.79 Å². The molecule has 0 spiro atoms. The molecule has 5 heteroatoms. The van der Waals surface area contributed by atoms with E-state index < -0.39 is 5.97 Å². The first-order chi connectivity index (χ1) is 10.0. The Labute approximate surface area is 125 Å². The summed E-state index contributed by atoms with van der Waals surface area (Å²) in [4.78, 5) is 15.3. The first-order valence-corrected chi connectivity index (χ1v) is 7.26. The number of phenols is 1. The highest BCUT2D eigenvalue weighted by Gasteiger charge is 2.12. The van der Waals surface area contributed by atoms with Gasteiger partial charge in [-0.15, -0.1) is 11.3 Å². The number of aromatic hydroxyl groups is 1. The number of nitrogens with zero attached hydrogens (tertiary/aromatic N) is 1. The van der Waals surface area contributed by atoms with Gasteiger partial charge in [0.1, 0.15) is 10.8 Å². The number of benzene rings is 2. The Kier molecular flexibility index (Phi) is 3.35. The molecule has 0 aliphatic carbocycles. The summed E-state index contributed by atoms with van der Waals surface area (Å²) in [6.07, 6.45) is -0.00112. The van der Waals surface area contributed by atoms with Crippen LogP contribution in [0.3, 0.4) is 0 Å². The molecule has 1 aromatic heterocycles. The lowest BCUT2D eigenvalue weighted by Crippen LogP contribution is -1.99. The Morgan fingerprint density at radius 1 is 1.29 bits per heavy atom. The van der Waals surface area contributed by atoms with E-state index in [1.165, 1.54) is 11.3 Å². The predicted octanol–water partition coefficient (Wildman–Crippen LogP) is 3.60. The van der Waals surface area contributed by atoms with Gasteiger partial charge in [-0.1, -0.05) is 18.2 Å². The number of thiazole rings is 1. The summed E-state index contributed by atoms with van der Waals surface area (Å²) < 4.78 is 0.921. The summed E-state index contributed by atoms with van der Waals surface area (Å²) in [7, 11) is 0. The Morgan fingerprint density at radius 2 is 2.10 bits per heavy atom. The highest BCUT2D eigenvalue weighted by atomic mass is 32.1. The van der Waals surface area contributed by atoms with Crippen molar-refractivity contribution in [1.82, 2.24) is 4.98 Å². The smallest absolute Gasteiger partial charge is 0.307 e. The molecule has 1 heterocycles. The second kappa shape index (κ2) is 5.18. The van der Waals surface area contributed by atoms with Gasteiger partial charge in [0, 0.05) is 0 Å². The highest BCUT2D eigenvalue weighted by Crippen LogP contribution is 2.36. The minimum Gasteiger partial charge on any atom is -0.507 e. The third kappa shape index (κ3) is 2.60. The summed E-state index contributed by atoms with van der Waals surface area (Å²) >= 11 is 1.45. The number of phenolic OH excluding ortho intramolecular Hbond substituents is 1. The van der Waals surface area contributed by atoms with Gasteiger partial charge in [-0.05, 0) is 36.2 Å². The van der Waals surface area contributed by atoms with Crippen LogP contribution in [-0.4, -0.2) is 21.2 Å². The van der Waals surface area contributed by atoms with Crippen LogP contribution in [0.15, 0.2) is 36.4 Å². The van der Waals surface area contributed by atoms with Crippen molar-refractivity contribution >= 4 is 27.5 Å². The number of carboxylic acid groups (broad SMARTS) is 1. The zero-order valence-corrected chi connectivity index (χ0v) is 12.1. The molecular formula is C16H13NO3S. The molecule has 0 unspecified atom stereocenters. The SMILES string of the molecule is Cc1cccc(-c2nc3ccc(CC(=O)O)cc3s2)c1O. The second-order valence-corrected chi connectivity index (χ2v) is 5.89. The average molecular weight is 299 g/mol. The number of aryl methyl sites for hydroxylation is 1. The number of hydrogen-bond donors (Lipinski definition) is 2. The number of hydrogen-bond acceptors (Lipinski definition) is 4. The molecule has 0 saturated heterocycles. The van der Waals surface area contributed by atoms with Gasteiger partial charge in [0.15, 0.2) is 0 Å². The number of aromatic nitrogens is 1. The molecule has 106 valence electrons. The Bertz CT molecular complexity index is 839. The predicted molar refractivity (Wildman–Crippen MR) is 82.8 cm³/mol. The molecule has 21 heavy (non-hydrogen) atoms. The fourth-order valence-electron chi connectivity index (χ4n) is 2.20. The average Bonchev–Trinajstić information content (AvgIpc) is 2.84. The molecule has 0 bridgehead atoms. The normalized spacial score (nSPS) is 10.9. The van der Waals surface area contributed by atoms with Crippen molar-refractivity contribution in [3.05, 3.63) is 47.5 Å². The molecule has 4 nitrogen and oxygen atoms in total. The van der Waals surface area contributed by atoms with Crippen molar-refractivity contribution in [2.24, 2.45) is 0 Å². The largest absolute Gasteiger partial charge is 0.507 e. The number of rotatable bonds is 3. The first-order valence-electron chi connectivity index (χ1n) is 6.45. The molecule has 0 saturated carbocycles. The van der Waals surface area contributed by atoms with Crippen molar-refractivity contribution in [3.8, 4) is 16.3 Å². The van der Waals surface area contributed by atoms with Crippen LogP contribution in [0.25, 0.3) is 20.8 Å². The molecule has 3 rings (SSSR count). The lowest BCUT2D eigenvalue weighted by molar-refractivity contribution is -0.136. The molecule has 2 aromatic carbocycles. The summed E-state index contributed by atoms with van der Waals surface area (Å²) in [5, 5.41) is 19.7. The quantitative estimate of drug-likeness (QED) is 0.775. The summed E-state index contributed by atoms with van der Waals surface area (Å²) in [6.45, 7) is 1.84. The van der Waals surface area contributed by atoms with Gasteiger partial charge >= 0.3 is 5.97 Å². The molecule has 0 aliphatic rings. The van der Waals surface area contributed by atoms with Crippen LogP contribution in [-0.2, 0) is 11.2 Å². The number of fused-ring (bicyclic) bond motifs is 1. The van der Waals surface area contributed by atoms with E-state index in [4.69, 9.17) is 5.11 Å². The zero-order chi connectivity index (χ0) is 15.0. The third-order valence-electron chi connectivity index (χ3n) is 3.28. The standard InChI is InChI=1S/C16H13NO3S/c1-9-3-2-4-11(15(9)20)16-17-12-6-5-10(8-14(18)19)7-13(12)21-16/h2-7,20H,8H2,1H3,(H,18,19). The van der Waals surface area contributed by atoms with Crippen molar-refractivity contribution in [2.45, 2.75) is 13.3 Å². The van der Waals surface area contributed by atoms with Crippen molar-refractivity contribution in [3.63, 3.8) is 0 Å². The number of aliphatic carboxylic acids is 1. The maximum Gasteiger partial charge on any atom is 0.307 e. The van der Waals surface area contributed by atoms with E-state index in [0.29, 0.717) is 5.56 Å². The van der Waals surface area contributed by atoms with E-state index >= 15 is 0 Å². The van der Waals surface area contributed by atoms with Crippen LogP contribution < -0.4 is 0 Å². The minimum absolute atomic E-state index is 0.00112. The minimum atomic E-state index is -0.851. The highest BCUT2D eigenvalue weighted by molar-refractivity contribution is 7.21. The van der Waals surface area contributed by atoms with Gasteiger partial charge in [0.05, 0.1) is 22.2 Å². The first kappa shape index (κ1) is 13.6. The Morgan fingerprint density at radius 3 is 2.86 bits per heavy atom.